The second-order valence-electron chi connectivity index (χ2n) is 7.26. The van der Waals surface area contributed by atoms with E-state index in [-0.39, 0.29) is 27.6 Å². The molecule has 0 aliphatic carbocycles. The number of allylic oxidation sites excluding steroid dienone is 1. The fourth-order valence-electron chi connectivity index (χ4n) is 3.10. The summed E-state index contributed by atoms with van der Waals surface area (Å²) in [5.74, 6) is -0.327. The number of benzene rings is 1. The topological polar surface area (TPSA) is 79.7 Å². The minimum absolute atomic E-state index is 0.138. The van der Waals surface area contributed by atoms with Crippen molar-refractivity contribution >= 4 is 40.1 Å². The van der Waals surface area contributed by atoms with Crippen molar-refractivity contribution in [2.45, 2.75) is 6.61 Å². The van der Waals surface area contributed by atoms with Gasteiger partial charge in [-0.3, -0.25) is 9.78 Å². The number of rotatable bonds is 10. The van der Waals surface area contributed by atoms with E-state index in [0.29, 0.717) is 15.8 Å². The lowest BCUT2D eigenvalue weighted by atomic mass is 10.1. The van der Waals surface area contributed by atoms with E-state index < -0.39 is 12.5 Å². The van der Waals surface area contributed by atoms with Crippen molar-refractivity contribution in [3.63, 3.8) is 0 Å². The number of ether oxygens (including phenoxy) is 1. The van der Waals surface area contributed by atoms with Crippen molar-refractivity contribution in [1.82, 2.24) is 14.9 Å². The maximum atomic E-state index is 13.3. The minimum atomic E-state index is -3.07. The molecule has 0 saturated heterocycles. The van der Waals surface area contributed by atoms with Crippen LogP contribution in [0, 0.1) is 0 Å². The van der Waals surface area contributed by atoms with Crippen molar-refractivity contribution in [2.75, 3.05) is 19.4 Å². The summed E-state index contributed by atoms with van der Waals surface area (Å²) in [5.41, 5.74) is 1.30. The van der Waals surface area contributed by atoms with Gasteiger partial charge < -0.3 is 15.0 Å². The maximum absolute atomic E-state index is 13.3. The van der Waals surface area contributed by atoms with Crippen LogP contribution in [0.4, 0.5) is 13.8 Å². The number of halogens is 3. The molecule has 0 aliphatic rings. The van der Waals surface area contributed by atoms with Crippen LogP contribution in [-0.2, 0) is 4.79 Å². The number of thiazole rings is 1. The standard InChI is InChI=1S/C25H22ClF2N5O2S/c1-5-11-30-21(33(3)4)17(6-2)22(34)32-24-20(31-23(36-24)15-9-12-29-13-10-15)18-14-16(26)7-8-19(18)35-25(27)28/h5-14,25H,1-2H2,3-4H3,(H,32,34)/b21-17+,30-11-. The lowest BCUT2D eigenvalue weighted by molar-refractivity contribution is -0.112. The lowest BCUT2D eigenvalue weighted by Crippen LogP contribution is -2.20. The summed E-state index contributed by atoms with van der Waals surface area (Å²) in [6.07, 6.45) is 7.50. The molecule has 0 unspecified atom stereocenters. The van der Waals surface area contributed by atoms with Crippen LogP contribution < -0.4 is 10.1 Å². The zero-order chi connectivity index (χ0) is 26.2. The van der Waals surface area contributed by atoms with Crippen LogP contribution in [0.5, 0.6) is 5.75 Å². The second kappa shape index (κ2) is 12.2. The van der Waals surface area contributed by atoms with Crippen LogP contribution in [0.25, 0.3) is 21.8 Å². The van der Waals surface area contributed by atoms with Gasteiger partial charge in [0.2, 0.25) is 0 Å². The van der Waals surface area contributed by atoms with Crippen LogP contribution in [-0.4, -0.2) is 47.7 Å². The first-order valence-electron chi connectivity index (χ1n) is 10.4. The number of anilines is 1. The molecule has 0 aliphatic heterocycles. The van der Waals surface area contributed by atoms with E-state index in [1.165, 1.54) is 36.6 Å². The molecule has 0 atom stereocenters. The lowest BCUT2D eigenvalue weighted by Gasteiger charge is -2.16. The highest BCUT2D eigenvalue weighted by Crippen LogP contribution is 2.43. The van der Waals surface area contributed by atoms with Crippen LogP contribution in [0.1, 0.15) is 0 Å². The first-order valence-corrected chi connectivity index (χ1v) is 11.6. The van der Waals surface area contributed by atoms with E-state index in [4.69, 9.17) is 16.3 Å². The SMILES string of the molecule is C=C/C=N\C(=C(\C=C)C(=O)Nc1sc(-c2ccncc2)nc1-c1cc(Cl)ccc1OC(F)F)N(C)C. The highest BCUT2D eigenvalue weighted by molar-refractivity contribution is 7.19. The van der Waals surface area contributed by atoms with Crippen molar-refractivity contribution in [1.29, 1.82) is 0 Å². The highest BCUT2D eigenvalue weighted by atomic mass is 35.5. The molecular weight excluding hydrogens is 508 g/mol. The fraction of sp³-hybridized carbons (Fsp3) is 0.120. The molecule has 0 radical (unpaired) electrons. The third-order valence-electron chi connectivity index (χ3n) is 4.61. The zero-order valence-electron chi connectivity index (χ0n) is 19.4. The molecule has 36 heavy (non-hydrogen) atoms. The Hall–Kier alpha value is -3.89. The summed E-state index contributed by atoms with van der Waals surface area (Å²) in [5, 5.41) is 3.91. The molecule has 2 heterocycles. The van der Waals surface area contributed by atoms with E-state index in [0.717, 1.165) is 16.9 Å². The average molecular weight is 530 g/mol. The monoisotopic (exact) mass is 529 g/mol. The summed E-state index contributed by atoms with van der Waals surface area (Å²) in [4.78, 5) is 27.9. The molecule has 0 saturated carbocycles. The number of aliphatic imine (C=N–C) groups is 1. The fourth-order valence-corrected chi connectivity index (χ4v) is 4.25. The molecule has 1 aromatic carbocycles. The molecule has 2 aromatic heterocycles. The molecule has 1 amide bonds. The first kappa shape index (κ1) is 26.7. The van der Waals surface area contributed by atoms with Gasteiger partial charge in [0.05, 0.1) is 5.57 Å². The number of hydrogen-bond acceptors (Lipinski definition) is 7. The van der Waals surface area contributed by atoms with Gasteiger partial charge in [0.1, 0.15) is 27.3 Å². The predicted octanol–water partition coefficient (Wildman–Crippen LogP) is 6.28. The van der Waals surface area contributed by atoms with Crippen LogP contribution in [0.15, 0.2) is 84.4 Å². The molecule has 11 heteroatoms. The number of pyridine rings is 1. The summed E-state index contributed by atoms with van der Waals surface area (Å²) >= 11 is 7.32. The average Bonchev–Trinajstić information content (AvgIpc) is 3.26. The summed E-state index contributed by atoms with van der Waals surface area (Å²) in [6.45, 7) is 4.27. The molecule has 0 fully saturated rings. The van der Waals surface area contributed by atoms with Crippen LogP contribution in [0.2, 0.25) is 5.02 Å². The number of aromatic nitrogens is 2. The predicted molar refractivity (Wildman–Crippen MR) is 141 cm³/mol. The summed E-state index contributed by atoms with van der Waals surface area (Å²) in [7, 11) is 3.46. The highest BCUT2D eigenvalue weighted by Gasteiger charge is 2.23. The van der Waals surface area contributed by atoms with E-state index >= 15 is 0 Å². The van der Waals surface area contributed by atoms with Gasteiger partial charge in [-0.1, -0.05) is 48.2 Å². The molecule has 3 aromatic rings. The number of carbonyl (C=O) groups is 1. The number of nitrogens with one attached hydrogen (secondary N) is 1. The Morgan fingerprint density at radius 3 is 2.58 bits per heavy atom. The Morgan fingerprint density at radius 1 is 1.25 bits per heavy atom. The molecule has 7 nitrogen and oxygen atoms in total. The molecule has 3 rings (SSSR count). The van der Waals surface area contributed by atoms with E-state index in [1.54, 1.807) is 43.5 Å². The quantitative estimate of drug-likeness (QED) is 0.190. The van der Waals surface area contributed by atoms with Gasteiger partial charge in [0.15, 0.2) is 0 Å². The Morgan fingerprint density at radius 2 is 1.97 bits per heavy atom. The van der Waals surface area contributed by atoms with Gasteiger partial charge in [-0.15, -0.1) is 0 Å². The normalized spacial score (nSPS) is 11.8. The van der Waals surface area contributed by atoms with Gasteiger partial charge in [0, 0.05) is 48.9 Å². The number of amides is 1. The van der Waals surface area contributed by atoms with Gasteiger partial charge in [-0.05, 0) is 30.3 Å². The molecule has 186 valence electrons. The van der Waals surface area contributed by atoms with Crippen molar-refractivity contribution in [3.05, 3.63) is 84.5 Å². The third-order valence-corrected chi connectivity index (χ3v) is 5.86. The van der Waals surface area contributed by atoms with Crippen LogP contribution in [0.3, 0.4) is 0 Å². The molecule has 0 bridgehead atoms. The zero-order valence-corrected chi connectivity index (χ0v) is 21.0. The number of carbonyl (C=O) groups excluding carboxylic acids is 1. The number of hydrogen-bond donors (Lipinski definition) is 1. The van der Waals surface area contributed by atoms with Crippen molar-refractivity contribution in [2.24, 2.45) is 4.99 Å². The van der Waals surface area contributed by atoms with E-state index in [1.807, 2.05) is 0 Å². The van der Waals surface area contributed by atoms with Gasteiger partial charge in [0.25, 0.3) is 5.91 Å². The van der Waals surface area contributed by atoms with Crippen molar-refractivity contribution < 1.29 is 18.3 Å². The first-order chi connectivity index (χ1) is 17.2. The number of alkyl halides is 2. The Kier molecular flexibility index (Phi) is 9.04. The second-order valence-corrected chi connectivity index (χ2v) is 8.69. The maximum Gasteiger partial charge on any atom is 0.387 e. The molecule has 0 spiro atoms. The van der Waals surface area contributed by atoms with Crippen molar-refractivity contribution in [3.8, 4) is 27.6 Å². The van der Waals surface area contributed by atoms with E-state index in [9.17, 15) is 13.6 Å². The molecule has 1 N–H and O–H groups in total. The Balaban J connectivity index is 2.17. The van der Waals surface area contributed by atoms with Gasteiger partial charge in [-0.2, -0.15) is 8.78 Å². The van der Waals surface area contributed by atoms with Gasteiger partial charge in [-0.25, -0.2) is 9.98 Å². The summed E-state index contributed by atoms with van der Waals surface area (Å²) in [6, 6.07) is 7.68. The number of nitrogens with zero attached hydrogens (tertiary/aromatic N) is 4. The Bertz CT molecular complexity index is 1320. The summed E-state index contributed by atoms with van der Waals surface area (Å²) < 4.78 is 30.9. The van der Waals surface area contributed by atoms with Crippen LogP contribution >= 0.6 is 22.9 Å². The smallest absolute Gasteiger partial charge is 0.387 e. The third kappa shape index (κ3) is 6.41. The van der Waals surface area contributed by atoms with Gasteiger partial charge >= 0.3 is 6.61 Å². The van der Waals surface area contributed by atoms with E-state index in [2.05, 4.69) is 33.4 Å². The Labute approximate surface area is 216 Å². The minimum Gasteiger partial charge on any atom is -0.434 e. The largest absolute Gasteiger partial charge is 0.434 e. The molecular formula is C25H22ClF2N5O2S.